The molecule has 9 heteroatoms. The molecule has 28 heavy (non-hydrogen) atoms. The fourth-order valence-electron chi connectivity index (χ4n) is 4.43. The van der Waals surface area contributed by atoms with Crippen LogP contribution in [0.25, 0.3) is 0 Å². The lowest BCUT2D eigenvalue weighted by molar-refractivity contribution is -0.154. The maximum absolute atomic E-state index is 13.1. The summed E-state index contributed by atoms with van der Waals surface area (Å²) in [5, 5.41) is 10.3. The largest absolute Gasteiger partial charge is 0.417 e. The second-order valence-electron chi connectivity index (χ2n) is 8.31. The van der Waals surface area contributed by atoms with Crippen LogP contribution in [0.15, 0.2) is 12.3 Å². The lowest BCUT2D eigenvalue weighted by atomic mass is 9.70. The number of amides is 1. The molecule has 1 aromatic rings. The highest BCUT2D eigenvalue weighted by Crippen LogP contribution is 2.44. The number of β-amino-alcohol motifs (C(OH)–C–C–N with tert-alkyl or cyclic N) is 1. The van der Waals surface area contributed by atoms with Crippen molar-refractivity contribution in [2.75, 3.05) is 31.1 Å². The van der Waals surface area contributed by atoms with Crippen LogP contribution in [0.2, 0.25) is 5.02 Å². The van der Waals surface area contributed by atoms with Gasteiger partial charge in [0, 0.05) is 32.4 Å². The molecule has 4 rings (SSSR count). The van der Waals surface area contributed by atoms with Gasteiger partial charge in [0.25, 0.3) is 0 Å². The van der Waals surface area contributed by atoms with Crippen LogP contribution in [0, 0.1) is 11.3 Å². The lowest BCUT2D eigenvalue weighted by Crippen LogP contribution is -2.58. The van der Waals surface area contributed by atoms with E-state index >= 15 is 0 Å². The van der Waals surface area contributed by atoms with Gasteiger partial charge in [0.15, 0.2) is 0 Å². The molecule has 3 fully saturated rings. The molecular formula is C19H23ClF3N3O2. The van der Waals surface area contributed by atoms with Crippen LogP contribution < -0.4 is 4.90 Å². The number of piperidine rings is 2. The third kappa shape index (κ3) is 3.81. The van der Waals surface area contributed by atoms with Crippen molar-refractivity contribution in [3.63, 3.8) is 0 Å². The smallest absolute Gasteiger partial charge is 0.391 e. The van der Waals surface area contributed by atoms with Gasteiger partial charge in [-0.1, -0.05) is 11.6 Å². The second kappa shape index (κ2) is 7.06. The normalized spacial score (nSPS) is 25.5. The van der Waals surface area contributed by atoms with Crippen molar-refractivity contribution < 1.29 is 23.1 Å². The van der Waals surface area contributed by atoms with Crippen LogP contribution >= 0.6 is 11.6 Å². The molecule has 154 valence electrons. The van der Waals surface area contributed by atoms with Gasteiger partial charge in [0.05, 0.1) is 22.1 Å². The van der Waals surface area contributed by atoms with E-state index in [9.17, 15) is 23.1 Å². The fraction of sp³-hybridized carbons (Fsp3) is 0.684. The van der Waals surface area contributed by atoms with E-state index in [1.807, 2.05) is 9.80 Å². The quantitative estimate of drug-likeness (QED) is 0.819. The Bertz CT molecular complexity index is 759. The number of hydrogen-bond acceptors (Lipinski definition) is 4. The number of halogens is 4. The molecule has 0 aromatic carbocycles. The van der Waals surface area contributed by atoms with E-state index in [4.69, 9.17) is 11.6 Å². The predicted octanol–water partition coefficient (Wildman–Crippen LogP) is 3.34. The zero-order chi connectivity index (χ0) is 20.1. The minimum Gasteiger partial charge on any atom is -0.391 e. The van der Waals surface area contributed by atoms with Crippen LogP contribution in [0.1, 0.15) is 37.7 Å². The molecule has 1 spiro atoms. The molecular weight excluding hydrogens is 395 g/mol. The lowest BCUT2D eigenvalue weighted by Gasteiger charge is -2.48. The highest BCUT2D eigenvalue weighted by Gasteiger charge is 2.49. The van der Waals surface area contributed by atoms with E-state index in [1.54, 1.807) is 0 Å². The van der Waals surface area contributed by atoms with E-state index in [1.165, 1.54) is 0 Å². The van der Waals surface area contributed by atoms with Crippen molar-refractivity contribution in [1.29, 1.82) is 0 Å². The molecule has 2 saturated heterocycles. The molecule has 2 aliphatic heterocycles. The topological polar surface area (TPSA) is 56.7 Å². The number of likely N-dealkylation sites (tertiary alicyclic amines) is 1. The van der Waals surface area contributed by atoms with E-state index in [0.29, 0.717) is 57.2 Å². The minimum absolute atomic E-state index is 0.0452. The third-order valence-corrected chi connectivity index (χ3v) is 6.42. The summed E-state index contributed by atoms with van der Waals surface area (Å²) < 4.78 is 38.4. The van der Waals surface area contributed by atoms with Crippen LogP contribution in [-0.2, 0) is 11.0 Å². The van der Waals surface area contributed by atoms with Gasteiger partial charge >= 0.3 is 6.18 Å². The third-order valence-electron chi connectivity index (χ3n) is 6.14. The Morgan fingerprint density at radius 3 is 2.54 bits per heavy atom. The van der Waals surface area contributed by atoms with Crippen LogP contribution in [0.4, 0.5) is 19.0 Å². The Labute approximate surface area is 166 Å². The number of aliphatic hydroxyl groups excluding tert-OH is 1. The first-order valence-corrected chi connectivity index (χ1v) is 10.0. The number of nitrogens with zero attached hydrogens (tertiary/aromatic N) is 3. The summed E-state index contributed by atoms with van der Waals surface area (Å²) in [6, 6.07) is 0.890. The predicted molar refractivity (Wildman–Crippen MR) is 98.1 cm³/mol. The average Bonchev–Trinajstić information content (AvgIpc) is 3.43. The number of rotatable bonds is 3. The number of hydrogen-bond donors (Lipinski definition) is 1. The molecule has 1 aliphatic carbocycles. The molecule has 0 bridgehead atoms. The van der Waals surface area contributed by atoms with Gasteiger partial charge in [0.2, 0.25) is 5.91 Å². The highest BCUT2D eigenvalue weighted by atomic mass is 35.5. The van der Waals surface area contributed by atoms with Crippen LogP contribution in [-0.4, -0.2) is 53.2 Å². The standard InChI is InChI=1S/C19H23ClF3N3O2/c20-15-7-13(19(21,22)23)9-24-16(15)25-5-3-18(4-6-25)8-14(27)11-26(17(18)28)10-12-1-2-12/h7,9,12,14,27H,1-6,8,10-11H2. The van der Waals surface area contributed by atoms with Crippen molar-refractivity contribution in [2.24, 2.45) is 11.3 Å². The van der Waals surface area contributed by atoms with Gasteiger partial charge in [-0.05, 0) is 44.1 Å². The first kappa shape index (κ1) is 19.8. The molecule has 1 atom stereocenters. The van der Waals surface area contributed by atoms with Crippen molar-refractivity contribution in [3.05, 3.63) is 22.8 Å². The van der Waals surface area contributed by atoms with Gasteiger partial charge in [-0.3, -0.25) is 4.79 Å². The summed E-state index contributed by atoms with van der Waals surface area (Å²) >= 11 is 6.07. The van der Waals surface area contributed by atoms with Gasteiger partial charge in [-0.25, -0.2) is 4.98 Å². The minimum atomic E-state index is -4.49. The Morgan fingerprint density at radius 2 is 1.96 bits per heavy atom. The second-order valence-corrected chi connectivity index (χ2v) is 8.71. The Hall–Kier alpha value is -1.54. The first-order chi connectivity index (χ1) is 13.2. The number of pyridine rings is 1. The number of aliphatic hydroxyl groups is 1. The van der Waals surface area contributed by atoms with Crippen LogP contribution in [0.5, 0.6) is 0 Å². The molecule has 0 radical (unpaired) electrons. The molecule has 1 N–H and O–H groups in total. The number of carbonyl (C=O) groups excluding carboxylic acids is 1. The first-order valence-electron chi connectivity index (χ1n) is 9.63. The molecule has 3 aliphatic rings. The summed E-state index contributed by atoms with van der Waals surface area (Å²) in [5.74, 6) is 0.973. The van der Waals surface area contributed by atoms with Crippen molar-refractivity contribution in [2.45, 2.75) is 44.4 Å². The van der Waals surface area contributed by atoms with E-state index in [2.05, 4.69) is 4.98 Å². The average molecular weight is 418 g/mol. The van der Waals surface area contributed by atoms with Gasteiger partial charge in [0.1, 0.15) is 5.82 Å². The molecule has 5 nitrogen and oxygen atoms in total. The fourth-order valence-corrected chi connectivity index (χ4v) is 4.71. The Balaban J connectivity index is 1.47. The summed E-state index contributed by atoms with van der Waals surface area (Å²) in [6.07, 6.45) is -0.454. The zero-order valence-corrected chi connectivity index (χ0v) is 16.1. The van der Waals surface area contributed by atoms with Gasteiger partial charge in [-0.15, -0.1) is 0 Å². The van der Waals surface area contributed by atoms with Crippen molar-refractivity contribution in [1.82, 2.24) is 9.88 Å². The number of carbonyl (C=O) groups is 1. The zero-order valence-electron chi connectivity index (χ0n) is 15.4. The number of alkyl halides is 3. The summed E-state index contributed by atoms with van der Waals surface area (Å²) in [7, 11) is 0. The summed E-state index contributed by atoms with van der Waals surface area (Å²) in [4.78, 5) is 20.7. The van der Waals surface area contributed by atoms with E-state index in [-0.39, 0.29) is 10.9 Å². The van der Waals surface area contributed by atoms with Gasteiger partial charge < -0.3 is 14.9 Å². The monoisotopic (exact) mass is 417 g/mol. The number of anilines is 1. The van der Waals surface area contributed by atoms with Crippen molar-refractivity contribution in [3.8, 4) is 0 Å². The summed E-state index contributed by atoms with van der Waals surface area (Å²) in [6.45, 7) is 2.04. The van der Waals surface area contributed by atoms with E-state index < -0.39 is 23.3 Å². The molecule has 3 heterocycles. The maximum Gasteiger partial charge on any atom is 0.417 e. The number of aromatic nitrogens is 1. The maximum atomic E-state index is 13.1. The summed E-state index contributed by atoms with van der Waals surface area (Å²) in [5.41, 5.74) is -1.47. The SMILES string of the molecule is O=C1N(CC2CC2)CC(O)CC12CCN(c1ncc(C(F)(F)F)cc1Cl)CC2. The van der Waals surface area contributed by atoms with Crippen LogP contribution in [0.3, 0.4) is 0 Å². The van der Waals surface area contributed by atoms with Crippen molar-refractivity contribution >= 4 is 23.3 Å². The van der Waals surface area contributed by atoms with Gasteiger partial charge in [-0.2, -0.15) is 13.2 Å². The molecule has 1 aromatic heterocycles. The Kier molecular flexibility index (Phi) is 4.98. The molecule has 1 saturated carbocycles. The highest BCUT2D eigenvalue weighted by molar-refractivity contribution is 6.33. The molecule has 1 amide bonds. The van der Waals surface area contributed by atoms with E-state index in [0.717, 1.165) is 25.1 Å². The Morgan fingerprint density at radius 1 is 1.29 bits per heavy atom. The molecule has 1 unspecified atom stereocenters.